The predicted octanol–water partition coefficient (Wildman–Crippen LogP) is 1.97. The molecule has 1 saturated heterocycles. The van der Waals surface area contributed by atoms with Crippen LogP contribution in [-0.4, -0.2) is 33.8 Å². The topological polar surface area (TPSA) is 34.0 Å². The van der Waals surface area contributed by atoms with Gasteiger partial charge < -0.3 is 9.47 Å². The Morgan fingerprint density at radius 1 is 1.28 bits per heavy atom. The number of aromatic nitrogens is 3. The molecule has 0 aromatic carbocycles. The number of hydrogen-bond acceptors (Lipinski definition) is 3. The zero-order valence-electron chi connectivity index (χ0n) is 9.65. The van der Waals surface area contributed by atoms with Crippen LogP contribution in [0, 0.1) is 5.92 Å². The third-order valence-electron chi connectivity index (χ3n) is 3.28. The molecule has 0 unspecified atom stereocenters. The Morgan fingerprint density at radius 3 is 2.67 bits per heavy atom. The number of aryl methyl sites for hydroxylation is 1. The van der Waals surface area contributed by atoms with Gasteiger partial charge in [0, 0.05) is 26.3 Å². The summed E-state index contributed by atoms with van der Waals surface area (Å²) in [4.78, 5) is 9.85. The molecule has 0 spiro atoms. The molecule has 0 aliphatic carbocycles. The van der Waals surface area contributed by atoms with E-state index in [1.807, 2.05) is 23.9 Å². The van der Waals surface area contributed by atoms with Gasteiger partial charge in [0.25, 0.3) is 0 Å². The van der Waals surface area contributed by atoms with Crippen molar-refractivity contribution in [3.8, 4) is 0 Å². The number of hydrogen-bond donors (Lipinski definition) is 0. The molecule has 0 N–H and O–H groups in total. The Morgan fingerprint density at radius 2 is 2.00 bits per heavy atom. The molecule has 0 amide bonds. The maximum Gasteiger partial charge on any atom is 0.395 e. The zero-order chi connectivity index (χ0) is 12.9. The van der Waals surface area contributed by atoms with Gasteiger partial charge >= 0.3 is 6.18 Å². The molecule has 96 valence electrons. The molecule has 0 bridgehead atoms. The van der Waals surface area contributed by atoms with E-state index in [-0.39, 0.29) is 13.1 Å². The zero-order valence-corrected chi connectivity index (χ0v) is 9.65. The van der Waals surface area contributed by atoms with E-state index < -0.39 is 12.1 Å². The molecule has 0 radical (unpaired) electrons. The lowest BCUT2D eigenvalue weighted by Crippen LogP contribution is -2.53. The van der Waals surface area contributed by atoms with E-state index in [4.69, 9.17) is 0 Å². The molecule has 18 heavy (non-hydrogen) atoms. The number of rotatable bonds is 1. The summed E-state index contributed by atoms with van der Waals surface area (Å²) in [7, 11) is 1.84. The molecule has 2 aromatic rings. The van der Waals surface area contributed by atoms with Crippen LogP contribution in [0.15, 0.2) is 18.6 Å². The minimum atomic E-state index is -4.11. The van der Waals surface area contributed by atoms with Crippen LogP contribution in [0.1, 0.15) is 0 Å². The molecule has 7 heteroatoms. The van der Waals surface area contributed by atoms with Gasteiger partial charge in [0.1, 0.15) is 17.8 Å². The molecule has 4 nitrogen and oxygen atoms in total. The average Bonchev–Trinajstić information content (AvgIpc) is 2.57. The molecular weight excluding hydrogens is 245 g/mol. The van der Waals surface area contributed by atoms with Crippen molar-refractivity contribution < 1.29 is 13.2 Å². The Hall–Kier alpha value is -1.79. The van der Waals surface area contributed by atoms with E-state index in [2.05, 4.69) is 9.97 Å². The highest BCUT2D eigenvalue weighted by Gasteiger charge is 2.47. The van der Waals surface area contributed by atoms with Gasteiger partial charge in [-0.2, -0.15) is 13.2 Å². The van der Waals surface area contributed by atoms with Crippen LogP contribution in [-0.2, 0) is 7.05 Å². The normalized spacial score (nSPS) is 17.2. The average molecular weight is 256 g/mol. The van der Waals surface area contributed by atoms with Gasteiger partial charge in [-0.05, 0) is 6.07 Å². The van der Waals surface area contributed by atoms with Crippen molar-refractivity contribution in [1.82, 2.24) is 14.5 Å². The van der Waals surface area contributed by atoms with Crippen LogP contribution in [0.25, 0.3) is 11.0 Å². The van der Waals surface area contributed by atoms with E-state index in [1.54, 1.807) is 4.90 Å². The number of halogens is 3. The maximum absolute atomic E-state index is 12.4. The summed E-state index contributed by atoms with van der Waals surface area (Å²) < 4.78 is 39.2. The first kappa shape index (κ1) is 11.3. The second-order valence-corrected chi connectivity index (χ2v) is 4.50. The van der Waals surface area contributed by atoms with E-state index in [9.17, 15) is 13.2 Å². The first-order valence-electron chi connectivity index (χ1n) is 5.54. The van der Waals surface area contributed by atoms with Gasteiger partial charge in [0.2, 0.25) is 0 Å². The molecular formula is C11H11F3N4. The highest BCUT2D eigenvalue weighted by Crippen LogP contribution is 2.37. The van der Waals surface area contributed by atoms with Crippen molar-refractivity contribution in [2.24, 2.45) is 13.0 Å². The highest BCUT2D eigenvalue weighted by atomic mass is 19.4. The van der Waals surface area contributed by atoms with Crippen LogP contribution in [0.2, 0.25) is 0 Å². The first-order chi connectivity index (χ1) is 8.47. The Kier molecular flexibility index (Phi) is 2.26. The van der Waals surface area contributed by atoms with Gasteiger partial charge in [0.15, 0.2) is 0 Å². The van der Waals surface area contributed by atoms with Crippen LogP contribution in [0.3, 0.4) is 0 Å². The van der Waals surface area contributed by atoms with Crippen LogP contribution in [0.4, 0.5) is 19.0 Å². The van der Waals surface area contributed by atoms with E-state index in [0.29, 0.717) is 5.82 Å². The van der Waals surface area contributed by atoms with Gasteiger partial charge in [-0.25, -0.2) is 9.97 Å². The van der Waals surface area contributed by atoms with Gasteiger partial charge in [-0.1, -0.05) is 0 Å². The molecule has 1 aliphatic rings. The second kappa shape index (κ2) is 3.60. The van der Waals surface area contributed by atoms with Gasteiger partial charge in [-0.3, -0.25) is 0 Å². The van der Waals surface area contributed by atoms with E-state index >= 15 is 0 Å². The standard InChI is InChI=1S/C11H11F3N4/c1-17-3-2-8-9(17)15-6-16-10(8)18-4-7(5-18)11(12,13)14/h2-3,6-7H,4-5H2,1H3. The molecule has 0 atom stereocenters. The van der Waals surface area contributed by atoms with E-state index in [1.165, 1.54) is 6.33 Å². The third kappa shape index (κ3) is 1.61. The monoisotopic (exact) mass is 256 g/mol. The second-order valence-electron chi connectivity index (χ2n) is 4.50. The minimum absolute atomic E-state index is 0.0233. The lowest BCUT2D eigenvalue weighted by molar-refractivity contribution is -0.180. The summed E-state index contributed by atoms with van der Waals surface area (Å²) in [5.74, 6) is -0.660. The smallest absolute Gasteiger partial charge is 0.355 e. The van der Waals surface area contributed by atoms with Crippen molar-refractivity contribution in [3.05, 3.63) is 18.6 Å². The molecule has 1 fully saturated rings. The summed E-state index contributed by atoms with van der Waals surface area (Å²) in [6, 6.07) is 1.82. The van der Waals surface area contributed by atoms with E-state index in [0.717, 1.165) is 11.0 Å². The minimum Gasteiger partial charge on any atom is -0.355 e. The quantitative estimate of drug-likeness (QED) is 0.782. The fourth-order valence-corrected chi connectivity index (χ4v) is 2.17. The van der Waals surface area contributed by atoms with Crippen LogP contribution < -0.4 is 4.90 Å². The number of nitrogens with zero attached hydrogens (tertiary/aromatic N) is 4. The fourth-order valence-electron chi connectivity index (χ4n) is 2.17. The highest BCUT2D eigenvalue weighted by molar-refractivity contribution is 5.88. The van der Waals surface area contributed by atoms with Crippen molar-refractivity contribution in [2.45, 2.75) is 6.18 Å². The molecule has 0 saturated carbocycles. The summed E-state index contributed by atoms with van der Waals surface area (Å²) >= 11 is 0. The third-order valence-corrected chi connectivity index (χ3v) is 3.28. The first-order valence-corrected chi connectivity index (χ1v) is 5.54. The van der Waals surface area contributed by atoms with Crippen molar-refractivity contribution >= 4 is 16.9 Å². The van der Waals surface area contributed by atoms with Crippen LogP contribution >= 0.6 is 0 Å². The molecule has 1 aliphatic heterocycles. The summed E-state index contributed by atoms with van der Waals surface area (Å²) in [5, 5.41) is 0.792. The van der Waals surface area contributed by atoms with Gasteiger partial charge in [-0.15, -0.1) is 0 Å². The predicted molar refractivity (Wildman–Crippen MR) is 60.3 cm³/mol. The Labute approximate surface area is 101 Å². The number of alkyl halides is 3. The molecule has 3 rings (SSSR count). The van der Waals surface area contributed by atoms with Gasteiger partial charge in [0.05, 0.1) is 11.3 Å². The fraction of sp³-hybridized carbons (Fsp3) is 0.455. The SMILES string of the molecule is Cn1ccc2c(N3CC(C(F)(F)F)C3)ncnc21. The summed E-state index contributed by atoms with van der Waals surface area (Å²) in [6.45, 7) is -0.0466. The van der Waals surface area contributed by atoms with Crippen molar-refractivity contribution in [3.63, 3.8) is 0 Å². The molecule has 3 heterocycles. The number of fused-ring (bicyclic) bond motifs is 1. The summed E-state index contributed by atoms with van der Waals surface area (Å²) in [5.41, 5.74) is 0.732. The number of anilines is 1. The Bertz CT molecular complexity index is 583. The maximum atomic E-state index is 12.4. The van der Waals surface area contributed by atoms with Crippen molar-refractivity contribution in [2.75, 3.05) is 18.0 Å². The van der Waals surface area contributed by atoms with Crippen LogP contribution in [0.5, 0.6) is 0 Å². The molecule has 2 aromatic heterocycles. The lowest BCUT2D eigenvalue weighted by atomic mass is 9.99. The Balaban J connectivity index is 1.89. The van der Waals surface area contributed by atoms with Crippen molar-refractivity contribution in [1.29, 1.82) is 0 Å². The largest absolute Gasteiger partial charge is 0.395 e. The lowest BCUT2D eigenvalue weighted by Gasteiger charge is -2.41. The summed E-state index contributed by atoms with van der Waals surface area (Å²) in [6.07, 6.45) is -0.901.